The molecule has 2 atom stereocenters. The van der Waals surface area contributed by atoms with E-state index in [0.717, 1.165) is 74.5 Å². The molecule has 4 rings (SSSR count). The van der Waals surface area contributed by atoms with E-state index in [-0.39, 0.29) is 11.9 Å². The molecule has 3 fully saturated rings. The van der Waals surface area contributed by atoms with Crippen molar-refractivity contribution in [1.29, 1.82) is 0 Å². The average Bonchev–Trinajstić information content (AvgIpc) is 3.46. The summed E-state index contributed by atoms with van der Waals surface area (Å²) in [5.41, 5.74) is 7.67. The third kappa shape index (κ3) is 5.17. The number of nitrogens with zero attached hydrogens (tertiary/aromatic N) is 4. The molecular weight excluding hydrogens is 396 g/mol. The summed E-state index contributed by atoms with van der Waals surface area (Å²) in [7, 11) is 0. The van der Waals surface area contributed by atoms with E-state index in [1.807, 2.05) is 60.0 Å². The number of carbonyl (C=O) groups is 1. The summed E-state index contributed by atoms with van der Waals surface area (Å²) >= 11 is 1.84. The van der Waals surface area contributed by atoms with Crippen molar-refractivity contribution in [2.45, 2.75) is 25.4 Å². The fraction of sp³-hybridized carbons (Fsp3) is 0.545. The van der Waals surface area contributed by atoms with Gasteiger partial charge in [-0.1, -0.05) is 18.2 Å². The number of piperazine rings is 1. The first-order chi connectivity index (χ1) is 14.6. The Labute approximate surface area is 183 Å². The summed E-state index contributed by atoms with van der Waals surface area (Å²) in [6.07, 6.45) is 2.87. The van der Waals surface area contributed by atoms with Crippen LogP contribution in [0.2, 0.25) is 0 Å². The van der Waals surface area contributed by atoms with Gasteiger partial charge in [-0.2, -0.15) is 0 Å². The molecule has 7 nitrogen and oxygen atoms in total. The Morgan fingerprint density at radius 3 is 2.60 bits per heavy atom. The molecule has 0 saturated carbocycles. The number of nitrogens with two attached hydrogens (primary N) is 1. The van der Waals surface area contributed by atoms with Crippen molar-refractivity contribution in [3.8, 4) is 0 Å². The molecule has 1 aromatic carbocycles. The van der Waals surface area contributed by atoms with Gasteiger partial charge in [-0.3, -0.25) is 9.69 Å². The van der Waals surface area contributed by atoms with E-state index in [1.54, 1.807) is 0 Å². The van der Waals surface area contributed by atoms with E-state index in [2.05, 4.69) is 15.1 Å². The smallest absolute Gasteiger partial charge is 0.240 e. The van der Waals surface area contributed by atoms with Crippen LogP contribution in [-0.4, -0.2) is 89.4 Å². The molecule has 1 amide bonds. The van der Waals surface area contributed by atoms with Gasteiger partial charge in [0.25, 0.3) is 0 Å². The summed E-state index contributed by atoms with van der Waals surface area (Å²) in [4.78, 5) is 24.3. The Balaban J connectivity index is 1.34. The largest absolute Gasteiger partial charge is 0.402 e. The van der Waals surface area contributed by atoms with Crippen LogP contribution in [0.25, 0.3) is 0 Å². The SMILES string of the molecule is CC(N)=CC(=Nc1ccccc1)N1CCN([C@@H]2CN[C@H](C(=O)N3CCSC3)C2)CC1. The number of thioether (sulfide) groups is 1. The van der Waals surface area contributed by atoms with Crippen LogP contribution < -0.4 is 11.1 Å². The molecule has 3 N–H and O–H groups in total. The maximum atomic E-state index is 12.7. The van der Waals surface area contributed by atoms with Gasteiger partial charge in [0.15, 0.2) is 0 Å². The third-order valence-corrected chi connectivity index (χ3v) is 6.95. The van der Waals surface area contributed by atoms with Crippen molar-refractivity contribution in [1.82, 2.24) is 20.0 Å². The van der Waals surface area contributed by atoms with Crippen molar-refractivity contribution in [3.05, 3.63) is 42.1 Å². The zero-order chi connectivity index (χ0) is 20.9. The zero-order valence-electron chi connectivity index (χ0n) is 17.7. The van der Waals surface area contributed by atoms with E-state index < -0.39 is 0 Å². The second kappa shape index (κ2) is 9.85. The number of carbonyl (C=O) groups excluding carboxylic acids is 1. The maximum absolute atomic E-state index is 12.7. The minimum Gasteiger partial charge on any atom is -0.402 e. The number of hydrogen-bond donors (Lipinski definition) is 2. The van der Waals surface area contributed by atoms with E-state index in [0.29, 0.717) is 6.04 Å². The molecule has 3 aliphatic heterocycles. The summed E-state index contributed by atoms with van der Waals surface area (Å²) in [5.74, 6) is 3.11. The highest BCUT2D eigenvalue weighted by molar-refractivity contribution is 7.99. The van der Waals surface area contributed by atoms with Gasteiger partial charge in [-0.25, -0.2) is 4.99 Å². The molecule has 1 aromatic rings. The molecule has 3 saturated heterocycles. The molecule has 0 radical (unpaired) electrons. The minimum atomic E-state index is -0.0234. The van der Waals surface area contributed by atoms with Crippen LogP contribution in [0.4, 0.5) is 5.69 Å². The lowest BCUT2D eigenvalue weighted by Crippen LogP contribution is -2.52. The molecule has 3 aliphatic rings. The Kier molecular flexibility index (Phi) is 6.97. The number of amides is 1. The highest BCUT2D eigenvalue weighted by Gasteiger charge is 2.36. The van der Waals surface area contributed by atoms with Gasteiger partial charge in [0.1, 0.15) is 5.84 Å². The van der Waals surface area contributed by atoms with Crippen LogP contribution in [0, 0.1) is 0 Å². The van der Waals surface area contributed by atoms with Crippen LogP contribution >= 0.6 is 11.8 Å². The average molecular weight is 429 g/mol. The van der Waals surface area contributed by atoms with Crippen molar-refractivity contribution >= 4 is 29.2 Å². The van der Waals surface area contributed by atoms with Gasteiger partial charge in [0, 0.05) is 56.8 Å². The van der Waals surface area contributed by atoms with Crippen LogP contribution in [-0.2, 0) is 4.79 Å². The second-order valence-corrected chi connectivity index (χ2v) is 9.28. The molecule has 3 heterocycles. The van der Waals surface area contributed by atoms with Crippen LogP contribution in [0.5, 0.6) is 0 Å². The molecule has 0 spiro atoms. The van der Waals surface area contributed by atoms with E-state index in [4.69, 9.17) is 10.7 Å². The predicted molar refractivity (Wildman–Crippen MR) is 124 cm³/mol. The van der Waals surface area contributed by atoms with Crippen molar-refractivity contribution < 1.29 is 4.79 Å². The Morgan fingerprint density at radius 2 is 1.93 bits per heavy atom. The molecule has 0 bridgehead atoms. The Bertz CT molecular complexity index is 780. The highest BCUT2D eigenvalue weighted by atomic mass is 32.2. The fourth-order valence-electron chi connectivity index (χ4n) is 4.34. The van der Waals surface area contributed by atoms with Gasteiger partial charge in [0.2, 0.25) is 5.91 Å². The van der Waals surface area contributed by atoms with Crippen molar-refractivity contribution in [2.75, 3.05) is 50.9 Å². The van der Waals surface area contributed by atoms with Gasteiger partial charge in [-0.15, -0.1) is 11.8 Å². The zero-order valence-corrected chi connectivity index (χ0v) is 18.5. The van der Waals surface area contributed by atoms with Crippen molar-refractivity contribution in [3.63, 3.8) is 0 Å². The lowest BCUT2D eigenvalue weighted by atomic mass is 10.1. The monoisotopic (exact) mass is 428 g/mol. The number of benzene rings is 1. The lowest BCUT2D eigenvalue weighted by Gasteiger charge is -2.38. The fourth-order valence-corrected chi connectivity index (χ4v) is 5.30. The summed E-state index contributed by atoms with van der Waals surface area (Å²) in [5, 5.41) is 3.47. The topological polar surface area (TPSA) is 77.2 Å². The molecule has 0 aliphatic carbocycles. The number of allylic oxidation sites excluding steroid dienone is 1. The van der Waals surface area contributed by atoms with Crippen molar-refractivity contribution in [2.24, 2.45) is 10.7 Å². The molecule has 0 aromatic heterocycles. The molecular formula is C22H32N6OS. The Morgan fingerprint density at radius 1 is 1.17 bits per heavy atom. The number of amidine groups is 1. The Hall–Kier alpha value is -2.03. The summed E-state index contributed by atoms with van der Waals surface area (Å²) in [6.45, 7) is 7.45. The third-order valence-electron chi connectivity index (χ3n) is 5.98. The van der Waals surface area contributed by atoms with E-state index in [9.17, 15) is 4.79 Å². The summed E-state index contributed by atoms with van der Waals surface area (Å²) < 4.78 is 0. The standard InChI is InChI=1S/C22H32N6OS/c1-17(23)13-21(25-18-5-3-2-4-6-18)27-9-7-26(8-10-27)19-14-20(24-15-19)22(29)28-11-12-30-16-28/h2-6,13,19-20,24H,7-12,14-16,23H2,1H3/t19-,20-/m0/s1. The number of hydrogen-bond acceptors (Lipinski definition) is 6. The quantitative estimate of drug-likeness (QED) is 0.559. The normalized spacial score (nSPS) is 26.4. The van der Waals surface area contributed by atoms with Gasteiger partial charge >= 0.3 is 0 Å². The number of rotatable bonds is 4. The van der Waals surface area contributed by atoms with E-state index >= 15 is 0 Å². The molecule has 162 valence electrons. The number of nitrogens with one attached hydrogen (secondary N) is 1. The maximum Gasteiger partial charge on any atom is 0.240 e. The van der Waals surface area contributed by atoms with Gasteiger partial charge in [0.05, 0.1) is 17.6 Å². The first-order valence-corrected chi connectivity index (χ1v) is 11.9. The first-order valence-electron chi connectivity index (χ1n) is 10.8. The van der Waals surface area contributed by atoms with Gasteiger partial charge < -0.3 is 20.9 Å². The number of aliphatic imine (C=N–C) groups is 1. The van der Waals surface area contributed by atoms with Gasteiger partial charge in [-0.05, 0) is 31.6 Å². The van der Waals surface area contributed by atoms with Crippen LogP contribution in [0.1, 0.15) is 13.3 Å². The highest BCUT2D eigenvalue weighted by Crippen LogP contribution is 2.21. The second-order valence-electron chi connectivity index (χ2n) is 8.21. The predicted octanol–water partition coefficient (Wildman–Crippen LogP) is 1.46. The summed E-state index contributed by atoms with van der Waals surface area (Å²) in [6, 6.07) is 10.4. The van der Waals surface area contributed by atoms with Crippen LogP contribution in [0.15, 0.2) is 47.1 Å². The molecule has 30 heavy (non-hydrogen) atoms. The van der Waals surface area contributed by atoms with Crippen LogP contribution in [0.3, 0.4) is 0 Å². The van der Waals surface area contributed by atoms with E-state index in [1.165, 1.54) is 0 Å². The minimum absolute atomic E-state index is 0.0234. The first kappa shape index (κ1) is 21.2. The number of para-hydroxylation sites is 1. The lowest BCUT2D eigenvalue weighted by molar-refractivity contribution is -0.131. The molecule has 8 heteroatoms. The molecule has 0 unspecified atom stereocenters.